The first-order chi connectivity index (χ1) is 9.28. The molecular formula is C10H11NO8S. The summed E-state index contributed by atoms with van der Waals surface area (Å²) in [6.45, 7) is 0. The Morgan fingerprint density at radius 1 is 1.30 bits per heavy atom. The van der Waals surface area contributed by atoms with Gasteiger partial charge < -0.3 is 20.1 Å². The van der Waals surface area contributed by atoms with Gasteiger partial charge in [0.1, 0.15) is 0 Å². The van der Waals surface area contributed by atoms with Crippen LogP contribution in [0.2, 0.25) is 0 Å². The minimum absolute atomic E-state index is 0.0527. The third-order valence-corrected chi connectivity index (χ3v) is 3.60. The van der Waals surface area contributed by atoms with Gasteiger partial charge >= 0.3 is 17.9 Å². The zero-order valence-electron chi connectivity index (χ0n) is 9.92. The van der Waals surface area contributed by atoms with Crippen molar-refractivity contribution in [3.05, 3.63) is 27.6 Å². The van der Waals surface area contributed by atoms with Gasteiger partial charge in [0.25, 0.3) is 0 Å². The number of nitrogens with zero attached hydrogens (tertiary/aromatic N) is 1. The Morgan fingerprint density at radius 3 is 2.45 bits per heavy atom. The van der Waals surface area contributed by atoms with E-state index in [4.69, 9.17) is 14.9 Å². The molecule has 0 fully saturated rings. The smallest absolute Gasteiger partial charge is 0.336 e. The molecule has 0 aliphatic carbocycles. The lowest BCUT2D eigenvalue weighted by molar-refractivity contribution is -0.170. The predicted molar refractivity (Wildman–Crippen MR) is 67.6 cm³/mol. The number of carbonyl (C=O) groups is 3. The highest BCUT2D eigenvalue weighted by atomic mass is 32.2. The van der Waals surface area contributed by atoms with Gasteiger partial charge in [-0.25, -0.2) is 4.79 Å². The third kappa shape index (κ3) is 3.90. The number of esters is 1. The van der Waals surface area contributed by atoms with Crippen LogP contribution in [0.4, 0.5) is 0 Å². The molecule has 2 atom stereocenters. The van der Waals surface area contributed by atoms with Crippen LogP contribution in [-0.4, -0.2) is 38.8 Å². The van der Waals surface area contributed by atoms with Crippen molar-refractivity contribution in [3.63, 3.8) is 0 Å². The molecule has 10 heteroatoms. The molecule has 0 saturated carbocycles. The number of hydrogen-bond acceptors (Lipinski definition) is 7. The van der Waals surface area contributed by atoms with Gasteiger partial charge in [0.15, 0.2) is 10.7 Å². The van der Waals surface area contributed by atoms with Crippen molar-refractivity contribution in [3.8, 4) is 0 Å². The molecule has 0 aromatic heterocycles. The number of allylic oxidation sites excluding steroid dienone is 2. The molecule has 0 amide bonds. The summed E-state index contributed by atoms with van der Waals surface area (Å²) in [5, 5.41) is 28.3. The van der Waals surface area contributed by atoms with Crippen LogP contribution in [0.15, 0.2) is 27.2 Å². The van der Waals surface area contributed by atoms with Crippen molar-refractivity contribution in [2.24, 2.45) is 4.58 Å². The Bertz CT molecular complexity index is 513. The second-order valence-electron chi connectivity index (χ2n) is 3.83. The molecule has 0 radical (unpaired) electrons. The molecule has 20 heavy (non-hydrogen) atoms. The van der Waals surface area contributed by atoms with E-state index in [1.54, 1.807) is 0 Å². The monoisotopic (exact) mass is 305 g/mol. The van der Waals surface area contributed by atoms with E-state index in [1.165, 1.54) is 17.6 Å². The van der Waals surface area contributed by atoms with Crippen molar-refractivity contribution in [1.29, 1.82) is 0 Å². The molecule has 0 saturated heterocycles. The molecule has 3 N–H and O–H groups in total. The van der Waals surface area contributed by atoms with E-state index in [0.717, 1.165) is 0 Å². The minimum atomic E-state index is -2.77. The van der Waals surface area contributed by atoms with Gasteiger partial charge in [0, 0.05) is 0 Å². The maximum absolute atomic E-state index is 11.5. The van der Waals surface area contributed by atoms with Gasteiger partial charge in [-0.1, -0.05) is 6.08 Å². The number of carboxylic acid groups (broad SMARTS) is 2. The van der Waals surface area contributed by atoms with Crippen LogP contribution in [0.1, 0.15) is 12.8 Å². The van der Waals surface area contributed by atoms with Gasteiger partial charge in [0.2, 0.25) is 0 Å². The molecule has 9 nitrogen and oxygen atoms in total. The van der Waals surface area contributed by atoms with E-state index in [-0.39, 0.29) is 5.09 Å². The highest BCUT2D eigenvalue weighted by Gasteiger charge is 2.41. The maximum Gasteiger partial charge on any atom is 0.336 e. The summed E-state index contributed by atoms with van der Waals surface area (Å²) >= 11 is -1.65. The largest absolute Gasteiger partial charge is 0.481 e. The molecule has 1 heterocycles. The fourth-order valence-corrected chi connectivity index (χ4v) is 2.33. The lowest BCUT2D eigenvalue weighted by Gasteiger charge is -2.20. The van der Waals surface area contributed by atoms with Gasteiger partial charge in [-0.05, 0) is 27.1 Å². The summed E-state index contributed by atoms with van der Waals surface area (Å²) < 4.78 is 7.43. The molecule has 0 bridgehead atoms. The first-order valence-corrected chi connectivity index (χ1v) is 6.54. The van der Waals surface area contributed by atoms with Crippen LogP contribution in [0.3, 0.4) is 0 Å². The summed E-state index contributed by atoms with van der Waals surface area (Å²) in [5.41, 5.74) is -2.77. The number of carbonyl (C=O) groups excluding carboxylic acids is 1. The quantitative estimate of drug-likeness (QED) is 0.297. The van der Waals surface area contributed by atoms with E-state index in [9.17, 15) is 24.4 Å². The fraction of sp³-hybridized carbons (Fsp3) is 0.300. The van der Waals surface area contributed by atoms with Crippen molar-refractivity contribution >= 4 is 29.0 Å². The average Bonchev–Trinajstić information content (AvgIpc) is 2.74. The van der Waals surface area contributed by atoms with Gasteiger partial charge in [0.05, 0.1) is 12.8 Å². The topological polar surface area (TPSA) is 151 Å². The second-order valence-corrected chi connectivity index (χ2v) is 5.42. The summed E-state index contributed by atoms with van der Waals surface area (Å²) in [7, 11) is 0. The van der Waals surface area contributed by atoms with Crippen LogP contribution in [0.25, 0.3) is 0 Å². The van der Waals surface area contributed by atoms with Crippen LogP contribution in [0.5, 0.6) is 0 Å². The standard InChI is InChI=1S/C10H11NO8S/c12-6(13)4-10(17,9(15)16)5-7(14)19-8-2-1-3-20(8)11-18/h1-3,17,20H,4-5H2,(H,12,13)(H,15,16). The number of ether oxygens (including phenoxy) is 1. The number of rotatable bonds is 7. The predicted octanol–water partition coefficient (Wildman–Crippen LogP) is 0.261. The molecule has 0 aromatic rings. The summed E-state index contributed by atoms with van der Waals surface area (Å²) in [6.07, 6.45) is 0.530. The van der Waals surface area contributed by atoms with Crippen molar-refractivity contribution in [1.82, 2.24) is 0 Å². The molecule has 1 aliphatic heterocycles. The average molecular weight is 305 g/mol. The SMILES string of the molecule is O=N[SH]1C=CC=C1OC(=O)CC(O)(CC(=O)O)C(=O)O. The highest BCUT2D eigenvalue weighted by molar-refractivity contribution is 8.21. The zero-order chi connectivity index (χ0) is 15.3. The molecule has 0 spiro atoms. The van der Waals surface area contributed by atoms with Crippen LogP contribution in [-0.2, 0) is 19.1 Å². The Kier molecular flexibility index (Phi) is 5.00. The molecule has 1 rings (SSSR count). The van der Waals surface area contributed by atoms with E-state index in [2.05, 4.69) is 4.58 Å². The molecular weight excluding hydrogens is 294 g/mol. The lowest BCUT2D eigenvalue weighted by atomic mass is 9.96. The van der Waals surface area contributed by atoms with Gasteiger partial charge in [-0.3, -0.25) is 9.59 Å². The lowest BCUT2D eigenvalue weighted by Crippen LogP contribution is -2.43. The van der Waals surface area contributed by atoms with Crippen LogP contribution in [0, 0.1) is 4.91 Å². The normalized spacial score (nSPS) is 21.6. The van der Waals surface area contributed by atoms with E-state index in [1.807, 2.05) is 0 Å². The van der Waals surface area contributed by atoms with Gasteiger partial charge in [-0.15, -0.1) is 4.91 Å². The van der Waals surface area contributed by atoms with E-state index >= 15 is 0 Å². The van der Waals surface area contributed by atoms with Crippen LogP contribution >= 0.6 is 11.1 Å². The summed E-state index contributed by atoms with van der Waals surface area (Å²) in [5.74, 6) is -4.60. The molecule has 0 aromatic carbocycles. The Hall–Kier alpha value is -2.20. The molecule has 110 valence electrons. The fourth-order valence-electron chi connectivity index (χ4n) is 1.36. The maximum atomic E-state index is 11.5. The molecule has 1 aliphatic rings. The summed E-state index contributed by atoms with van der Waals surface area (Å²) in [6, 6.07) is 0. The minimum Gasteiger partial charge on any atom is -0.481 e. The third-order valence-electron chi connectivity index (χ3n) is 2.28. The number of aliphatic hydroxyl groups is 1. The second kappa shape index (κ2) is 6.30. The molecule has 2 unspecified atom stereocenters. The van der Waals surface area contributed by atoms with Crippen molar-refractivity contribution in [2.45, 2.75) is 18.4 Å². The Morgan fingerprint density at radius 2 is 1.95 bits per heavy atom. The Labute approximate surface area is 115 Å². The highest BCUT2D eigenvalue weighted by Crippen LogP contribution is 2.42. The van der Waals surface area contributed by atoms with E-state index in [0.29, 0.717) is 0 Å². The summed E-state index contributed by atoms with van der Waals surface area (Å²) in [4.78, 5) is 43.3. The van der Waals surface area contributed by atoms with Crippen molar-refractivity contribution < 1.29 is 34.4 Å². The number of aliphatic carboxylic acids is 2. The Balaban J connectivity index is 2.71. The van der Waals surface area contributed by atoms with E-state index < -0.39 is 47.4 Å². The number of nitroso groups, excluding NO2 is 1. The van der Waals surface area contributed by atoms with Crippen molar-refractivity contribution in [2.75, 3.05) is 0 Å². The number of hydrogen-bond donors (Lipinski definition) is 4. The first-order valence-electron chi connectivity index (χ1n) is 5.18. The van der Waals surface area contributed by atoms with Gasteiger partial charge in [-0.2, -0.15) is 0 Å². The number of carboxylic acids is 2. The number of thiol groups is 1. The van der Waals surface area contributed by atoms with Crippen LogP contribution < -0.4 is 0 Å². The first kappa shape index (κ1) is 15.9. The zero-order valence-corrected chi connectivity index (χ0v) is 10.8.